The molecule has 0 unspecified atom stereocenters. The lowest BCUT2D eigenvalue weighted by atomic mass is 9.91. The van der Waals surface area contributed by atoms with Crippen molar-refractivity contribution in [1.82, 2.24) is 24.4 Å². The number of pyridine rings is 2. The summed E-state index contributed by atoms with van der Waals surface area (Å²) in [4.78, 5) is 33.8. The van der Waals surface area contributed by atoms with E-state index in [-0.39, 0.29) is 16.9 Å². The quantitative estimate of drug-likeness (QED) is 0.337. The summed E-state index contributed by atoms with van der Waals surface area (Å²) >= 11 is 0. The van der Waals surface area contributed by atoms with E-state index in [1.165, 1.54) is 30.6 Å². The van der Waals surface area contributed by atoms with Gasteiger partial charge < -0.3 is 14.5 Å². The van der Waals surface area contributed by atoms with Crippen LogP contribution in [0.25, 0.3) is 16.6 Å². The second-order valence-corrected chi connectivity index (χ2v) is 9.99. The van der Waals surface area contributed by atoms with Crippen LogP contribution in [0.2, 0.25) is 0 Å². The molecule has 0 bridgehead atoms. The topological polar surface area (TPSA) is 114 Å². The molecular weight excluding hydrogens is 513 g/mol. The Hall–Kier alpha value is -4.44. The number of rotatable bonds is 5. The average Bonchev–Trinajstić information content (AvgIpc) is 3.38. The minimum absolute atomic E-state index is 0.0300. The van der Waals surface area contributed by atoms with Crippen LogP contribution in [0.15, 0.2) is 70.4 Å². The summed E-state index contributed by atoms with van der Waals surface area (Å²) in [5.41, 5.74) is 5.02. The van der Waals surface area contributed by atoms with Crippen LogP contribution in [0.5, 0.6) is 0 Å². The SMILES string of the molecule is Cc1nc2c(C)cccn2c(=O)c1CCN1CCC(c2noc3cc(F)ccc23)CC1.O=C(O)c1cccnc1. The smallest absolute Gasteiger partial charge is 0.337 e. The van der Waals surface area contributed by atoms with Crippen molar-refractivity contribution in [3.05, 3.63) is 105 Å². The summed E-state index contributed by atoms with van der Waals surface area (Å²) in [5, 5.41) is 13.5. The third kappa shape index (κ3) is 5.76. The van der Waals surface area contributed by atoms with Gasteiger partial charge in [0.1, 0.15) is 11.5 Å². The molecule has 206 valence electrons. The molecule has 1 N–H and O–H groups in total. The Morgan fingerprint density at radius 3 is 2.65 bits per heavy atom. The Labute approximate surface area is 229 Å². The van der Waals surface area contributed by atoms with E-state index in [1.807, 2.05) is 26.0 Å². The average molecular weight is 544 g/mol. The summed E-state index contributed by atoms with van der Waals surface area (Å²) in [6, 6.07) is 11.5. The number of carbonyl (C=O) groups is 1. The van der Waals surface area contributed by atoms with E-state index in [0.29, 0.717) is 17.9 Å². The number of benzene rings is 1. The lowest BCUT2D eigenvalue weighted by Gasteiger charge is -2.31. The van der Waals surface area contributed by atoms with Crippen molar-refractivity contribution in [2.24, 2.45) is 0 Å². The summed E-state index contributed by atoms with van der Waals surface area (Å²) in [7, 11) is 0. The summed E-state index contributed by atoms with van der Waals surface area (Å²) in [6.07, 6.45) is 7.25. The van der Waals surface area contributed by atoms with E-state index in [4.69, 9.17) is 9.63 Å². The molecule has 0 radical (unpaired) electrons. The molecule has 0 spiro atoms. The van der Waals surface area contributed by atoms with E-state index in [0.717, 1.165) is 66.0 Å². The second-order valence-electron chi connectivity index (χ2n) is 9.99. The number of halogens is 1. The lowest BCUT2D eigenvalue weighted by molar-refractivity contribution is 0.0696. The molecule has 1 aliphatic heterocycles. The number of aromatic carboxylic acids is 1. The largest absolute Gasteiger partial charge is 0.478 e. The molecule has 0 amide bonds. The minimum atomic E-state index is -0.942. The first kappa shape index (κ1) is 27.1. The number of nitrogens with zero attached hydrogens (tertiary/aromatic N) is 5. The van der Waals surface area contributed by atoms with E-state index in [1.54, 1.807) is 22.7 Å². The zero-order chi connectivity index (χ0) is 28.2. The number of hydrogen-bond donors (Lipinski definition) is 1. The third-order valence-electron chi connectivity index (χ3n) is 7.37. The van der Waals surface area contributed by atoms with E-state index >= 15 is 0 Å². The highest BCUT2D eigenvalue weighted by Gasteiger charge is 2.25. The minimum Gasteiger partial charge on any atom is -0.478 e. The highest BCUT2D eigenvalue weighted by molar-refractivity contribution is 5.87. The number of hydrogen-bond acceptors (Lipinski definition) is 7. The number of piperidine rings is 1. The maximum absolute atomic E-state index is 13.4. The molecule has 5 aromatic rings. The zero-order valence-electron chi connectivity index (χ0n) is 22.4. The molecule has 1 saturated heterocycles. The predicted molar refractivity (Wildman–Crippen MR) is 148 cm³/mol. The molecule has 1 fully saturated rings. The van der Waals surface area contributed by atoms with Crippen molar-refractivity contribution >= 4 is 22.6 Å². The van der Waals surface area contributed by atoms with Gasteiger partial charge in [0.15, 0.2) is 5.58 Å². The molecule has 0 atom stereocenters. The maximum atomic E-state index is 13.4. The van der Waals surface area contributed by atoms with Gasteiger partial charge in [0.25, 0.3) is 5.56 Å². The number of fused-ring (bicyclic) bond motifs is 2. The molecule has 40 heavy (non-hydrogen) atoms. The molecule has 4 aromatic heterocycles. The van der Waals surface area contributed by atoms with Crippen LogP contribution in [-0.2, 0) is 6.42 Å². The van der Waals surface area contributed by atoms with Gasteiger partial charge in [-0.2, -0.15) is 0 Å². The molecular formula is C30H30FN5O4. The normalized spacial score (nSPS) is 14.3. The fourth-order valence-electron chi connectivity index (χ4n) is 5.14. The first-order valence-corrected chi connectivity index (χ1v) is 13.2. The Morgan fingerprint density at radius 1 is 1.15 bits per heavy atom. The fourth-order valence-corrected chi connectivity index (χ4v) is 5.14. The molecule has 5 heterocycles. The van der Waals surface area contributed by atoms with Gasteiger partial charge in [0.2, 0.25) is 0 Å². The van der Waals surface area contributed by atoms with Gasteiger partial charge >= 0.3 is 5.97 Å². The number of carboxylic acid groups (broad SMARTS) is 1. The molecule has 1 aliphatic rings. The summed E-state index contributed by atoms with van der Waals surface area (Å²) in [6.45, 7) is 6.59. The predicted octanol–water partition coefficient (Wildman–Crippen LogP) is 4.79. The summed E-state index contributed by atoms with van der Waals surface area (Å²) < 4.78 is 20.4. The van der Waals surface area contributed by atoms with Gasteiger partial charge in [-0.05, 0) is 82.1 Å². The summed E-state index contributed by atoms with van der Waals surface area (Å²) in [5.74, 6) is -0.946. The zero-order valence-corrected chi connectivity index (χ0v) is 22.4. The van der Waals surface area contributed by atoms with Gasteiger partial charge in [-0.1, -0.05) is 11.2 Å². The molecule has 0 aliphatic carbocycles. The fraction of sp³-hybridized carbons (Fsp3) is 0.300. The van der Waals surface area contributed by atoms with Crippen molar-refractivity contribution < 1.29 is 18.8 Å². The van der Waals surface area contributed by atoms with Crippen LogP contribution < -0.4 is 5.56 Å². The molecule has 6 rings (SSSR count). The number of aryl methyl sites for hydroxylation is 2. The highest BCUT2D eigenvalue weighted by atomic mass is 19.1. The molecule has 1 aromatic carbocycles. The van der Waals surface area contributed by atoms with Crippen molar-refractivity contribution in [2.45, 2.75) is 39.0 Å². The Kier molecular flexibility index (Phi) is 7.97. The van der Waals surface area contributed by atoms with Crippen molar-refractivity contribution in [3.63, 3.8) is 0 Å². The van der Waals surface area contributed by atoms with Crippen LogP contribution in [0.4, 0.5) is 4.39 Å². The van der Waals surface area contributed by atoms with Crippen molar-refractivity contribution in [1.29, 1.82) is 0 Å². The molecule has 0 saturated carbocycles. The van der Waals surface area contributed by atoms with Gasteiger partial charge in [-0.25, -0.2) is 14.2 Å². The lowest BCUT2D eigenvalue weighted by Crippen LogP contribution is -2.35. The Bertz CT molecular complexity index is 1710. The van der Waals surface area contributed by atoms with Crippen LogP contribution in [0, 0.1) is 19.7 Å². The maximum Gasteiger partial charge on any atom is 0.337 e. The van der Waals surface area contributed by atoms with Gasteiger partial charge in [-0.3, -0.25) is 14.2 Å². The van der Waals surface area contributed by atoms with Crippen molar-refractivity contribution in [2.75, 3.05) is 19.6 Å². The van der Waals surface area contributed by atoms with Crippen LogP contribution >= 0.6 is 0 Å². The van der Waals surface area contributed by atoms with Crippen molar-refractivity contribution in [3.8, 4) is 0 Å². The van der Waals surface area contributed by atoms with E-state index in [2.05, 4.69) is 20.0 Å². The number of aromatic nitrogens is 4. The highest BCUT2D eigenvalue weighted by Crippen LogP contribution is 2.32. The Morgan fingerprint density at radius 2 is 1.95 bits per heavy atom. The third-order valence-corrected chi connectivity index (χ3v) is 7.37. The van der Waals surface area contributed by atoms with Crippen LogP contribution in [0.1, 0.15) is 51.6 Å². The van der Waals surface area contributed by atoms with E-state index in [9.17, 15) is 14.0 Å². The van der Waals surface area contributed by atoms with Gasteiger partial charge in [0, 0.05) is 53.8 Å². The van der Waals surface area contributed by atoms with E-state index < -0.39 is 5.97 Å². The van der Waals surface area contributed by atoms with Crippen LogP contribution in [0.3, 0.4) is 0 Å². The number of carboxylic acids is 1. The molecule has 10 heteroatoms. The second kappa shape index (κ2) is 11.7. The Balaban J connectivity index is 0.000000306. The standard InChI is InChI=1S/C24H25FN4O2.C6H5NO2/c1-15-4-3-10-29-23(15)26-16(2)19(24(29)30)9-13-28-11-7-17(8-12-28)22-20-6-5-18(25)14-21(20)31-27-22;8-6(9)5-2-1-3-7-4-5/h3-6,10,14,17H,7-9,11-13H2,1-2H3;1-4H,(H,8,9). The number of likely N-dealkylation sites (tertiary alicyclic amines) is 1. The van der Waals surface area contributed by atoms with Gasteiger partial charge in [0.05, 0.1) is 11.3 Å². The first-order valence-electron chi connectivity index (χ1n) is 13.2. The van der Waals surface area contributed by atoms with Gasteiger partial charge in [-0.15, -0.1) is 0 Å². The molecule has 9 nitrogen and oxygen atoms in total. The monoisotopic (exact) mass is 543 g/mol. The van der Waals surface area contributed by atoms with Crippen LogP contribution in [-0.4, -0.2) is 55.1 Å². The first-order chi connectivity index (χ1) is 19.3.